The fourth-order valence-corrected chi connectivity index (χ4v) is 3.50. The topological polar surface area (TPSA) is 52.3 Å². The molecule has 3 atom stereocenters. The fourth-order valence-electron chi connectivity index (χ4n) is 3.50. The SMILES string of the molecule is COC(=O)c1ccc2c(c1)CC1CCC(C2)C1N. The van der Waals surface area contributed by atoms with Gasteiger partial charge in [0.15, 0.2) is 0 Å². The van der Waals surface area contributed by atoms with Gasteiger partial charge in [-0.15, -0.1) is 0 Å². The molecule has 2 bridgehead atoms. The zero-order valence-electron chi connectivity index (χ0n) is 10.7. The second-order valence-corrected chi connectivity index (χ2v) is 5.56. The van der Waals surface area contributed by atoms with Crippen molar-refractivity contribution in [2.24, 2.45) is 17.6 Å². The highest BCUT2D eigenvalue weighted by Crippen LogP contribution is 2.39. The minimum absolute atomic E-state index is 0.253. The zero-order chi connectivity index (χ0) is 12.7. The van der Waals surface area contributed by atoms with E-state index in [1.807, 2.05) is 12.1 Å². The minimum Gasteiger partial charge on any atom is -0.465 e. The second kappa shape index (κ2) is 4.39. The van der Waals surface area contributed by atoms with Gasteiger partial charge in [0, 0.05) is 6.04 Å². The number of esters is 1. The summed E-state index contributed by atoms with van der Waals surface area (Å²) in [5.74, 6) is 0.959. The summed E-state index contributed by atoms with van der Waals surface area (Å²) in [4.78, 5) is 11.6. The molecule has 0 aromatic heterocycles. The summed E-state index contributed by atoms with van der Waals surface area (Å²) in [6.45, 7) is 0. The second-order valence-electron chi connectivity index (χ2n) is 5.56. The van der Waals surface area contributed by atoms with Crippen molar-refractivity contribution in [3.63, 3.8) is 0 Å². The summed E-state index contributed by atoms with van der Waals surface area (Å²) < 4.78 is 4.78. The Balaban J connectivity index is 1.96. The van der Waals surface area contributed by atoms with Gasteiger partial charge in [0.2, 0.25) is 0 Å². The monoisotopic (exact) mass is 245 g/mol. The fraction of sp³-hybridized carbons (Fsp3) is 0.533. The lowest BCUT2D eigenvalue weighted by Gasteiger charge is -2.15. The minimum atomic E-state index is -0.253. The summed E-state index contributed by atoms with van der Waals surface area (Å²) >= 11 is 0. The van der Waals surface area contributed by atoms with Crippen molar-refractivity contribution >= 4 is 5.97 Å². The van der Waals surface area contributed by atoms with E-state index in [0.717, 1.165) is 12.8 Å². The van der Waals surface area contributed by atoms with E-state index in [4.69, 9.17) is 10.5 Å². The summed E-state index contributed by atoms with van der Waals surface area (Å²) in [5, 5.41) is 0. The first-order valence-corrected chi connectivity index (χ1v) is 6.64. The first-order chi connectivity index (χ1) is 8.69. The Morgan fingerprint density at radius 3 is 2.56 bits per heavy atom. The van der Waals surface area contributed by atoms with E-state index in [9.17, 15) is 4.79 Å². The number of rotatable bonds is 1. The van der Waals surface area contributed by atoms with Crippen LogP contribution in [0.4, 0.5) is 0 Å². The lowest BCUT2D eigenvalue weighted by molar-refractivity contribution is 0.0600. The van der Waals surface area contributed by atoms with Crippen LogP contribution in [-0.4, -0.2) is 19.1 Å². The maximum absolute atomic E-state index is 11.6. The van der Waals surface area contributed by atoms with Crippen molar-refractivity contribution in [2.75, 3.05) is 7.11 Å². The molecule has 3 heteroatoms. The predicted molar refractivity (Wildman–Crippen MR) is 69.4 cm³/mol. The van der Waals surface area contributed by atoms with Gasteiger partial charge in [0.05, 0.1) is 12.7 Å². The number of methoxy groups -OCH3 is 1. The molecule has 0 aliphatic heterocycles. The molecule has 0 saturated heterocycles. The molecule has 1 aromatic carbocycles. The molecule has 0 amide bonds. The third-order valence-electron chi connectivity index (χ3n) is 4.59. The normalized spacial score (nSPS) is 29.6. The molecule has 0 spiro atoms. The molecule has 96 valence electrons. The van der Waals surface area contributed by atoms with Gasteiger partial charge in [-0.3, -0.25) is 0 Å². The smallest absolute Gasteiger partial charge is 0.337 e. The van der Waals surface area contributed by atoms with Crippen molar-refractivity contribution < 1.29 is 9.53 Å². The van der Waals surface area contributed by atoms with Gasteiger partial charge in [-0.05, 0) is 60.8 Å². The van der Waals surface area contributed by atoms with Crippen LogP contribution in [0.25, 0.3) is 0 Å². The average molecular weight is 245 g/mol. The number of hydrogen-bond donors (Lipinski definition) is 1. The molecule has 0 heterocycles. The lowest BCUT2D eigenvalue weighted by atomic mass is 9.92. The number of carbonyl (C=O) groups is 1. The Hall–Kier alpha value is -1.35. The van der Waals surface area contributed by atoms with E-state index in [1.165, 1.54) is 31.1 Å². The average Bonchev–Trinajstić information content (AvgIpc) is 2.63. The Bertz CT molecular complexity index is 483. The van der Waals surface area contributed by atoms with Gasteiger partial charge in [0.25, 0.3) is 0 Å². The largest absolute Gasteiger partial charge is 0.465 e. The van der Waals surface area contributed by atoms with Crippen LogP contribution in [0, 0.1) is 11.8 Å². The van der Waals surface area contributed by atoms with Crippen LogP contribution in [0.1, 0.15) is 34.3 Å². The molecular weight excluding hydrogens is 226 g/mol. The van der Waals surface area contributed by atoms with Crippen molar-refractivity contribution in [1.29, 1.82) is 0 Å². The van der Waals surface area contributed by atoms with E-state index in [2.05, 4.69) is 6.07 Å². The third-order valence-corrected chi connectivity index (χ3v) is 4.59. The van der Waals surface area contributed by atoms with Crippen molar-refractivity contribution in [2.45, 2.75) is 31.7 Å². The highest BCUT2D eigenvalue weighted by molar-refractivity contribution is 5.89. The van der Waals surface area contributed by atoms with Crippen molar-refractivity contribution in [3.8, 4) is 0 Å². The highest BCUT2D eigenvalue weighted by atomic mass is 16.5. The Morgan fingerprint density at radius 1 is 1.22 bits per heavy atom. The van der Waals surface area contributed by atoms with Gasteiger partial charge in [-0.1, -0.05) is 6.07 Å². The van der Waals surface area contributed by atoms with Gasteiger partial charge in [-0.25, -0.2) is 4.79 Å². The van der Waals surface area contributed by atoms with Crippen LogP contribution in [0.5, 0.6) is 0 Å². The maximum atomic E-state index is 11.6. The summed E-state index contributed by atoms with van der Waals surface area (Å²) in [6, 6.07) is 6.28. The third kappa shape index (κ3) is 1.83. The molecule has 1 aromatic rings. The van der Waals surface area contributed by atoms with Crippen molar-refractivity contribution in [1.82, 2.24) is 0 Å². The molecule has 1 saturated carbocycles. The molecule has 0 radical (unpaired) electrons. The number of ether oxygens (including phenoxy) is 1. The van der Waals surface area contributed by atoms with E-state index in [-0.39, 0.29) is 5.97 Å². The molecular formula is C15H19NO2. The molecule has 3 rings (SSSR count). The number of carbonyl (C=O) groups excluding carboxylic acids is 1. The standard InChI is InChI=1S/C15H19NO2/c1-18-15(17)12-5-2-9-6-10-3-4-11(14(10)16)7-13(9)8-12/h2,5,8,10-11,14H,3-4,6-7,16H2,1H3. The molecule has 2 aliphatic rings. The van der Waals surface area contributed by atoms with Crippen LogP contribution in [0.15, 0.2) is 18.2 Å². The number of nitrogens with two attached hydrogens (primary N) is 1. The van der Waals surface area contributed by atoms with Crippen LogP contribution < -0.4 is 5.73 Å². The van der Waals surface area contributed by atoms with Crippen LogP contribution in [0.3, 0.4) is 0 Å². The van der Waals surface area contributed by atoms with Gasteiger partial charge in [0.1, 0.15) is 0 Å². The predicted octanol–water partition coefficient (Wildman–Crippen LogP) is 1.93. The van der Waals surface area contributed by atoms with E-state index < -0.39 is 0 Å². The quantitative estimate of drug-likeness (QED) is 0.769. The van der Waals surface area contributed by atoms with E-state index >= 15 is 0 Å². The molecule has 3 unspecified atom stereocenters. The summed E-state index contributed by atoms with van der Waals surface area (Å²) in [6.07, 6.45) is 4.56. The highest BCUT2D eigenvalue weighted by Gasteiger charge is 2.36. The van der Waals surface area contributed by atoms with E-state index in [1.54, 1.807) is 0 Å². The molecule has 1 fully saturated rings. The maximum Gasteiger partial charge on any atom is 0.337 e. The number of fused-ring (bicyclic) bond motifs is 3. The molecule has 3 nitrogen and oxygen atoms in total. The Labute approximate surface area is 107 Å². The first-order valence-electron chi connectivity index (χ1n) is 6.64. The number of hydrogen-bond acceptors (Lipinski definition) is 3. The molecule has 2 aliphatic carbocycles. The van der Waals surface area contributed by atoms with Crippen LogP contribution in [-0.2, 0) is 17.6 Å². The van der Waals surface area contributed by atoms with Crippen LogP contribution in [0.2, 0.25) is 0 Å². The lowest BCUT2D eigenvalue weighted by Crippen LogP contribution is -2.31. The first kappa shape index (κ1) is 11.7. The van der Waals surface area contributed by atoms with Gasteiger partial charge < -0.3 is 10.5 Å². The van der Waals surface area contributed by atoms with Gasteiger partial charge >= 0.3 is 5.97 Å². The molecule has 2 N–H and O–H groups in total. The van der Waals surface area contributed by atoms with Crippen LogP contribution >= 0.6 is 0 Å². The number of benzene rings is 1. The van der Waals surface area contributed by atoms with Gasteiger partial charge in [-0.2, -0.15) is 0 Å². The summed E-state index contributed by atoms with van der Waals surface area (Å²) in [7, 11) is 1.42. The van der Waals surface area contributed by atoms with E-state index in [0.29, 0.717) is 23.4 Å². The molecule has 18 heavy (non-hydrogen) atoms. The summed E-state index contributed by atoms with van der Waals surface area (Å²) in [5.41, 5.74) is 9.61. The Kier molecular flexibility index (Phi) is 2.86. The van der Waals surface area contributed by atoms with Crippen molar-refractivity contribution in [3.05, 3.63) is 34.9 Å². The Morgan fingerprint density at radius 2 is 1.89 bits per heavy atom. The zero-order valence-corrected chi connectivity index (χ0v) is 10.7.